The summed E-state index contributed by atoms with van der Waals surface area (Å²) in [6, 6.07) is 16.1. The first-order valence-electron chi connectivity index (χ1n) is 13.1. The fourth-order valence-electron chi connectivity index (χ4n) is 3.55. The first kappa shape index (κ1) is 28.8. The number of carbonyl (C=O) groups excluding carboxylic acids is 1. The third-order valence-electron chi connectivity index (χ3n) is 5.82. The van der Waals surface area contributed by atoms with Crippen molar-refractivity contribution in [1.82, 2.24) is 16.1 Å². The molecular weight excluding hydrogens is 444 g/mol. The molecular formula is C31H42N4O. The maximum atomic E-state index is 12.3. The van der Waals surface area contributed by atoms with Crippen molar-refractivity contribution in [1.29, 1.82) is 0 Å². The van der Waals surface area contributed by atoms with E-state index in [1.54, 1.807) is 6.21 Å². The highest BCUT2D eigenvalue weighted by Gasteiger charge is 2.06. The zero-order valence-corrected chi connectivity index (χ0v) is 22.1. The smallest absolute Gasteiger partial charge is 0.251 e. The number of allylic oxidation sites excluding steroid dienone is 4. The molecule has 0 fully saturated rings. The van der Waals surface area contributed by atoms with Crippen LogP contribution < -0.4 is 16.1 Å². The largest absolute Gasteiger partial charge is 0.348 e. The van der Waals surface area contributed by atoms with Crippen molar-refractivity contribution in [2.45, 2.75) is 59.4 Å². The van der Waals surface area contributed by atoms with Crippen LogP contribution in [-0.2, 0) is 19.4 Å². The molecule has 5 heteroatoms. The van der Waals surface area contributed by atoms with Crippen LogP contribution in [0.2, 0.25) is 0 Å². The Morgan fingerprint density at radius 3 is 2.17 bits per heavy atom. The molecule has 0 saturated carbocycles. The standard InChI is InChI=1S/C25H27N3O.C6H15N/c1-3-20-10-13-23(14-11-20)25(29)26-17-22-8-6-21(7-9-22)12-15-24-18-28-27-16-4-5-19(24)2;1-3-5-7-6-4-2/h4-11,13-14,16,18,28H,2-3,12,15,17H2,1H3,(H,26,29);7H,3-6H2,1-2H3/b5-4-,24-18-,27-16-;. The SMILES string of the molecule is C=C1/C=C\C=N/N/C=C\1CCc1ccc(CNC(=O)c2ccc(CC)cc2)cc1.CCCNCCC. The highest BCUT2D eigenvalue weighted by molar-refractivity contribution is 5.94. The Labute approximate surface area is 217 Å². The summed E-state index contributed by atoms with van der Waals surface area (Å²) < 4.78 is 0. The fraction of sp³-hybridized carbons (Fsp3) is 0.355. The molecule has 0 aliphatic carbocycles. The number of hydrogen-bond acceptors (Lipinski definition) is 4. The first-order chi connectivity index (χ1) is 17.6. The van der Waals surface area contributed by atoms with Gasteiger partial charge in [0.2, 0.25) is 0 Å². The highest BCUT2D eigenvalue weighted by Crippen LogP contribution is 2.17. The average molecular weight is 487 g/mol. The number of benzene rings is 2. The van der Waals surface area contributed by atoms with Crippen LogP contribution in [0.4, 0.5) is 0 Å². The maximum Gasteiger partial charge on any atom is 0.251 e. The average Bonchev–Trinajstić information content (AvgIpc) is 2.90. The van der Waals surface area contributed by atoms with E-state index >= 15 is 0 Å². The van der Waals surface area contributed by atoms with E-state index in [2.05, 4.69) is 72.8 Å². The van der Waals surface area contributed by atoms with E-state index in [9.17, 15) is 4.79 Å². The molecule has 0 unspecified atom stereocenters. The van der Waals surface area contributed by atoms with Crippen LogP contribution in [0.25, 0.3) is 0 Å². The van der Waals surface area contributed by atoms with Crippen molar-refractivity contribution in [3.05, 3.63) is 107 Å². The Balaban J connectivity index is 0.000000572. The molecule has 0 atom stereocenters. The van der Waals surface area contributed by atoms with E-state index in [4.69, 9.17) is 0 Å². The van der Waals surface area contributed by atoms with Gasteiger partial charge in [-0.1, -0.05) is 69.8 Å². The number of hydrazone groups is 1. The number of hydrogen-bond donors (Lipinski definition) is 3. The monoisotopic (exact) mass is 486 g/mol. The molecule has 3 N–H and O–H groups in total. The number of aryl methyl sites for hydroxylation is 2. The summed E-state index contributed by atoms with van der Waals surface area (Å²) in [5.74, 6) is -0.0466. The molecule has 2 aromatic rings. The highest BCUT2D eigenvalue weighted by atomic mass is 16.1. The number of carbonyl (C=O) groups is 1. The van der Waals surface area contributed by atoms with Crippen LogP contribution in [0.15, 0.2) is 89.7 Å². The second-order valence-electron chi connectivity index (χ2n) is 8.76. The maximum absolute atomic E-state index is 12.3. The predicted molar refractivity (Wildman–Crippen MR) is 153 cm³/mol. The lowest BCUT2D eigenvalue weighted by Gasteiger charge is -2.10. The van der Waals surface area contributed by atoms with Gasteiger partial charge in [0.05, 0.1) is 0 Å². The number of amides is 1. The molecule has 0 saturated heterocycles. The van der Waals surface area contributed by atoms with E-state index in [0.717, 1.165) is 36.0 Å². The van der Waals surface area contributed by atoms with Crippen LogP contribution in [0.1, 0.15) is 67.1 Å². The lowest BCUT2D eigenvalue weighted by Crippen LogP contribution is -2.22. The quantitative estimate of drug-likeness (QED) is 0.337. The molecule has 0 radical (unpaired) electrons. The Hall–Kier alpha value is -3.44. The van der Waals surface area contributed by atoms with E-state index in [1.807, 2.05) is 42.6 Å². The van der Waals surface area contributed by atoms with Crippen LogP contribution in [0, 0.1) is 0 Å². The van der Waals surface area contributed by atoms with Crippen molar-refractivity contribution < 1.29 is 4.79 Å². The van der Waals surface area contributed by atoms with Gasteiger partial charge in [-0.2, -0.15) is 5.10 Å². The summed E-state index contributed by atoms with van der Waals surface area (Å²) in [7, 11) is 0. The van der Waals surface area contributed by atoms with Crippen molar-refractivity contribution in [2.24, 2.45) is 5.10 Å². The van der Waals surface area contributed by atoms with Crippen molar-refractivity contribution >= 4 is 12.1 Å². The Morgan fingerprint density at radius 1 is 0.889 bits per heavy atom. The predicted octanol–water partition coefficient (Wildman–Crippen LogP) is 6.09. The van der Waals surface area contributed by atoms with Gasteiger partial charge in [0.1, 0.15) is 0 Å². The lowest BCUT2D eigenvalue weighted by molar-refractivity contribution is 0.0951. The summed E-state index contributed by atoms with van der Waals surface area (Å²) >= 11 is 0. The van der Waals surface area contributed by atoms with Crippen LogP contribution in [0.3, 0.4) is 0 Å². The van der Waals surface area contributed by atoms with E-state index in [1.165, 1.54) is 37.1 Å². The van der Waals surface area contributed by atoms with Crippen molar-refractivity contribution in [3.8, 4) is 0 Å². The van der Waals surface area contributed by atoms with E-state index < -0.39 is 0 Å². The van der Waals surface area contributed by atoms with Crippen LogP contribution >= 0.6 is 0 Å². The molecule has 36 heavy (non-hydrogen) atoms. The molecule has 1 amide bonds. The molecule has 1 heterocycles. The van der Waals surface area contributed by atoms with Gasteiger partial charge in [-0.25, -0.2) is 0 Å². The van der Waals surface area contributed by atoms with E-state index in [0.29, 0.717) is 12.1 Å². The van der Waals surface area contributed by atoms with Crippen molar-refractivity contribution in [2.75, 3.05) is 13.1 Å². The molecule has 1 aliphatic rings. The molecule has 192 valence electrons. The molecule has 0 spiro atoms. The topological polar surface area (TPSA) is 65.5 Å². The normalized spacial score (nSPS) is 15.8. The first-order valence-corrected chi connectivity index (χ1v) is 13.1. The fourth-order valence-corrected chi connectivity index (χ4v) is 3.55. The minimum atomic E-state index is -0.0466. The lowest BCUT2D eigenvalue weighted by atomic mass is 9.99. The second kappa shape index (κ2) is 17.1. The third-order valence-corrected chi connectivity index (χ3v) is 5.82. The number of rotatable bonds is 11. The van der Waals surface area contributed by atoms with Gasteiger partial charge in [-0.3, -0.25) is 10.2 Å². The van der Waals surface area contributed by atoms with Gasteiger partial charge < -0.3 is 10.6 Å². The Kier molecular flexibility index (Phi) is 13.6. The zero-order chi connectivity index (χ0) is 26.0. The number of nitrogens with zero attached hydrogens (tertiary/aromatic N) is 1. The third kappa shape index (κ3) is 10.9. The van der Waals surface area contributed by atoms with Crippen LogP contribution in [0.5, 0.6) is 0 Å². The van der Waals surface area contributed by atoms with E-state index in [-0.39, 0.29) is 5.91 Å². The molecule has 0 bridgehead atoms. The van der Waals surface area contributed by atoms with Gasteiger partial charge in [-0.15, -0.1) is 0 Å². The summed E-state index contributed by atoms with van der Waals surface area (Å²) in [5, 5.41) is 10.3. The minimum absolute atomic E-state index is 0.0466. The molecule has 2 aromatic carbocycles. The zero-order valence-electron chi connectivity index (χ0n) is 22.1. The minimum Gasteiger partial charge on any atom is -0.348 e. The Morgan fingerprint density at radius 2 is 1.53 bits per heavy atom. The van der Waals surface area contributed by atoms with Crippen molar-refractivity contribution in [3.63, 3.8) is 0 Å². The molecule has 1 aliphatic heterocycles. The molecule has 0 aromatic heterocycles. The van der Waals surface area contributed by atoms with Gasteiger partial charge in [-0.05, 0) is 91.2 Å². The van der Waals surface area contributed by atoms with Gasteiger partial charge >= 0.3 is 0 Å². The van der Waals surface area contributed by atoms with Crippen LogP contribution in [-0.4, -0.2) is 25.2 Å². The second-order valence-corrected chi connectivity index (χ2v) is 8.76. The summed E-state index contributed by atoms with van der Waals surface area (Å²) in [6.45, 7) is 13.4. The van der Waals surface area contributed by atoms with Gasteiger partial charge in [0, 0.05) is 24.5 Å². The van der Waals surface area contributed by atoms with Gasteiger partial charge in [0.15, 0.2) is 0 Å². The summed E-state index contributed by atoms with van der Waals surface area (Å²) in [6.07, 6.45) is 12.7. The summed E-state index contributed by atoms with van der Waals surface area (Å²) in [5.41, 5.74) is 9.31. The summed E-state index contributed by atoms with van der Waals surface area (Å²) in [4.78, 5) is 12.3. The Bertz CT molecular complexity index is 1010. The molecule has 3 rings (SSSR count). The van der Waals surface area contributed by atoms with Gasteiger partial charge in [0.25, 0.3) is 5.91 Å². The molecule has 5 nitrogen and oxygen atoms in total. The number of nitrogens with one attached hydrogen (secondary N) is 3.